The molecule has 0 saturated carbocycles. The average molecular weight is 347 g/mol. The van der Waals surface area contributed by atoms with Crippen LogP contribution in [0.15, 0.2) is 24.3 Å². The number of nitrogens with zero attached hydrogens (tertiary/aromatic N) is 3. The summed E-state index contributed by atoms with van der Waals surface area (Å²) in [5.41, 5.74) is 1.34. The third-order valence-electron chi connectivity index (χ3n) is 5.56. The third kappa shape index (κ3) is 4.73. The number of benzene rings is 1. The molecule has 1 aromatic carbocycles. The lowest BCUT2D eigenvalue weighted by atomic mass is 10.00. The van der Waals surface area contributed by atoms with E-state index in [0.29, 0.717) is 12.1 Å². The number of hydrogen-bond acceptors (Lipinski definition) is 5. The highest BCUT2D eigenvalue weighted by molar-refractivity contribution is 5.36. The van der Waals surface area contributed by atoms with Crippen molar-refractivity contribution in [3.8, 4) is 5.75 Å². The fourth-order valence-electron chi connectivity index (χ4n) is 4.02. The zero-order valence-corrected chi connectivity index (χ0v) is 16.1. The Morgan fingerprint density at radius 2 is 1.92 bits per heavy atom. The monoisotopic (exact) mass is 346 g/mol. The first kappa shape index (κ1) is 18.6. The molecule has 140 valence electrons. The number of ether oxygens (including phenoxy) is 1. The third-order valence-corrected chi connectivity index (χ3v) is 5.56. The van der Waals surface area contributed by atoms with Gasteiger partial charge in [-0.2, -0.15) is 0 Å². The molecule has 3 rings (SSSR count). The van der Waals surface area contributed by atoms with Gasteiger partial charge in [-0.05, 0) is 27.0 Å². The van der Waals surface area contributed by atoms with Crippen LogP contribution < -0.4 is 10.1 Å². The lowest BCUT2D eigenvalue weighted by molar-refractivity contribution is 0.0648. The number of likely N-dealkylation sites (N-methyl/N-ethyl adjacent to an activating group) is 1. The van der Waals surface area contributed by atoms with E-state index >= 15 is 0 Å². The van der Waals surface area contributed by atoms with Crippen molar-refractivity contribution in [2.45, 2.75) is 25.9 Å². The summed E-state index contributed by atoms with van der Waals surface area (Å²) in [5.74, 6) is 1.05. The molecule has 5 heteroatoms. The molecule has 0 amide bonds. The molecule has 2 unspecified atom stereocenters. The second-order valence-electron chi connectivity index (χ2n) is 7.38. The minimum Gasteiger partial charge on any atom is -0.494 e. The number of nitrogens with one attached hydrogen (secondary N) is 1. The highest BCUT2D eigenvalue weighted by Crippen LogP contribution is 2.32. The van der Waals surface area contributed by atoms with Gasteiger partial charge in [-0.15, -0.1) is 0 Å². The second kappa shape index (κ2) is 8.99. The summed E-state index contributed by atoms with van der Waals surface area (Å²) in [6.07, 6.45) is 0. The number of piperazine rings is 2. The van der Waals surface area contributed by atoms with Gasteiger partial charge < -0.3 is 15.0 Å². The summed E-state index contributed by atoms with van der Waals surface area (Å²) >= 11 is 0. The zero-order chi connectivity index (χ0) is 17.6. The molecular formula is C20H34N4O. The normalized spacial score (nSPS) is 25.0. The van der Waals surface area contributed by atoms with Crippen molar-refractivity contribution in [2.75, 3.05) is 66.0 Å². The molecule has 2 heterocycles. The van der Waals surface area contributed by atoms with Gasteiger partial charge in [-0.25, -0.2) is 0 Å². The molecule has 1 aromatic rings. The predicted molar refractivity (Wildman–Crippen MR) is 103 cm³/mol. The topological polar surface area (TPSA) is 31.0 Å². The molecule has 2 aliphatic rings. The van der Waals surface area contributed by atoms with E-state index < -0.39 is 0 Å². The largest absolute Gasteiger partial charge is 0.494 e. The smallest absolute Gasteiger partial charge is 0.124 e. The number of hydrogen-bond donors (Lipinski definition) is 1. The standard InChI is InChI=1S/C20H34N4O/c1-4-25-20-8-6-5-7-18(20)19(24-10-9-21-15-17(24)2)16-23-13-11-22(3)12-14-23/h5-8,17,19,21H,4,9-16H2,1-3H3. The predicted octanol–water partition coefficient (Wildman–Crippen LogP) is 1.67. The minimum absolute atomic E-state index is 0.392. The van der Waals surface area contributed by atoms with Crippen molar-refractivity contribution in [3.63, 3.8) is 0 Å². The van der Waals surface area contributed by atoms with E-state index in [9.17, 15) is 0 Å². The molecule has 2 atom stereocenters. The zero-order valence-electron chi connectivity index (χ0n) is 16.1. The van der Waals surface area contributed by atoms with E-state index in [1.807, 2.05) is 0 Å². The molecule has 0 radical (unpaired) electrons. The molecule has 0 aliphatic carbocycles. The van der Waals surface area contributed by atoms with Gasteiger partial charge in [0.2, 0.25) is 0 Å². The molecule has 2 fully saturated rings. The van der Waals surface area contributed by atoms with E-state index in [2.05, 4.69) is 65.2 Å². The summed E-state index contributed by atoms with van der Waals surface area (Å²) < 4.78 is 5.98. The van der Waals surface area contributed by atoms with Crippen molar-refractivity contribution in [3.05, 3.63) is 29.8 Å². The van der Waals surface area contributed by atoms with E-state index in [-0.39, 0.29) is 0 Å². The second-order valence-corrected chi connectivity index (χ2v) is 7.38. The number of para-hydroxylation sites is 1. The van der Waals surface area contributed by atoms with Crippen LogP contribution in [0.5, 0.6) is 5.75 Å². The van der Waals surface area contributed by atoms with Gasteiger partial charge in [-0.1, -0.05) is 18.2 Å². The lowest BCUT2D eigenvalue weighted by Crippen LogP contribution is -2.54. The average Bonchev–Trinajstić information content (AvgIpc) is 2.63. The van der Waals surface area contributed by atoms with Crippen molar-refractivity contribution in [2.24, 2.45) is 0 Å². The Hall–Kier alpha value is -1.14. The Morgan fingerprint density at radius 1 is 1.16 bits per heavy atom. The summed E-state index contributed by atoms with van der Waals surface area (Å²) in [6.45, 7) is 14.1. The Morgan fingerprint density at radius 3 is 2.64 bits per heavy atom. The maximum absolute atomic E-state index is 5.98. The quantitative estimate of drug-likeness (QED) is 0.847. The van der Waals surface area contributed by atoms with Crippen molar-refractivity contribution in [1.29, 1.82) is 0 Å². The van der Waals surface area contributed by atoms with E-state index in [4.69, 9.17) is 4.74 Å². The van der Waals surface area contributed by atoms with Crippen LogP contribution in [-0.2, 0) is 0 Å². The highest BCUT2D eigenvalue weighted by Gasteiger charge is 2.31. The van der Waals surface area contributed by atoms with Gasteiger partial charge >= 0.3 is 0 Å². The fraction of sp³-hybridized carbons (Fsp3) is 0.700. The van der Waals surface area contributed by atoms with Crippen LogP contribution in [0.1, 0.15) is 25.5 Å². The molecule has 5 nitrogen and oxygen atoms in total. The van der Waals surface area contributed by atoms with Crippen LogP contribution in [0.2, 0.25) is 0 Å². The number of rotatable bonds is 6. The summed E-state index contributed by atoms with van der Waals surface area (Å²) in [7, 11) is 2.22. The SMILES string of the molecule is CCOc1ccccc1C(CN1CCN(C)CC1)N1CCNCC1C. The Bertz CT molecular complexity index is 530. The lowest BCUT2D eigenvalue weighted by Gasteiger charge is -2.43. The van der Waals surface area contributed by atoms with Crippen LogP contribution in [0.25, 0.3) is 0 Å². The summed E-state index contributed by atoms with van der Waals surface area (Å²) in [6, 6.07) is 9.57. The van der Waals surface area contributed by atoms with Crippen LogP contribution in [0.4, 0.5) is 0 Å². The first-order valence-electron chi connectivity index (χ1n) is 9.78. The molecule has 0 aromatic heterocycles. The van der Waals surface area contributed by atoms with Gasteiger partial charge in [0.15, 0.2) is 0 Å². The summed E-state index contributed by atoms with van der Waals surface area (Å²) in [5, 5.41) is 3.53. The minimum atomic E-state index is 0.392. The van der Waals surface area contributed by atoms with Crippen molar-refractivity contribution in [1.82, 2.24) is 20.0 Å². The van der Waals surface area contributed by atoms with Gasteiger partial charge in [0, 0.05) is 64.0 Å². The van der Waals surface area contributed by atoms with Gasteiger partial charge in [-0.3, -0.25) is 9.80 Å². The van der Waals surface area contributed by atoms with Gasteiger partial charge in [0.05, 0.1) is 12.6 Å². The van der Waals surface area contributed by atoms with Gasteiger partial charge in [0.1, 0.15) is 5.75 Å². The fourth-order valence-corrected chi connectivity index (χ4v) is 4.02. The molecule has 0 bridgehead atoms. The van der Waals surface area contributed by atoms with Crippen LogP contribution in [-0.4, -0.2) is 86.8 Å². The van der Waals surface area contributed by atoms with Crippen molar-refractivity contribution < 1.29 is 4.74 Å². The molecule has 2 saturated heterocycles. The van der Waals surface area contributed by atoms with E-state index in [1.54, 1.807) is 0 Å². The van der Waals surface area contributed by atoms with Gasteiger partial charge in [0.25, 0.3) is 0 Å². The maximum atomic E-state index is 5.98. The highest BCUT2D eigenvalue weighted by atomic mass is 16.5. The van der Waals surface area contributed by atoms with Crippen LogP contribution >= 0.6 is 0 Å². The Labute approximate surface area is 152 Å². The molecule has 1 N–H and O–H groups in total. The van der Waals surface area contributed by atoms with E-state index in [0.717, 1.165) is 64.7 Å². The van der Waals surface area contributed by atoms with Crippen LogP contribution in [0.3, 0.4) is 0 Å². The first-order chi connectivity index (χ1) is 12.2. The molecule has 25 heavy (non-hydrogen) atoms. The Balaban J connectivity index is 1.83. The molecule has 2 aliphatic heterocycles. The first-order valence-corrected chi connectivity index (χ1v) is 9.78. The van der Waals surface area contributed by atoms with Crippen molar-refractivity contribution >= 4 is 0 Å². The van der Waals surface area contributed by atoms with Crippen LogP contribution in [0, 0.1) is 0 Å². The maximum Gasteiger partial charge on any atom is 0.124 e. The summed E-state index contributed by atoms with van der Waals surface area (Å²) in [4.78, 5) is 7.72. The Kier molecular flexibility index (Phi) is 6.70. The molecular weight excluding hydrogens is 312 g/mol. The molecule has 0 spiro atoms. The van der Waals surface area contributed by atoms with E-state index in [1.165, 1.54) is 5.56 Å².